The number of rotatable bonds is 8. The molecular weight excluding hydrogens is 274 g/mol. The van der Waals surface area contributed by atoms with Gasteiger partial charge in [0, 0.05) is 24.6 Å². The van der Waals surface area contributed by atoms with E-state index in [1.165, 1.54) is 20.2 Å². The summed E-state index contributed by atoms with van der Waals surface area (Å²) in [6, 6.07) is 1.70. The number of nitrogens with zero attached hydrogens (tertiary/aromatic N) is 1. The first-order chi connectivity index (χ1) is 9.95. The highest BCUT2D eigenvalue weighted by Crippen LogP contribution is 2.14. The van der Waals surface area contributed by atoms with Crippen LogP contribution in [0.15, 0.2) is 18.5 Å². The Morgan fingerprint density at radius 1 is 1.29 bits per heavy atom. The van der Waals surface area contributed by atoms with E-state index < -0.39 is 11.9 Å². The number of aryl methyl sites for hydroxylation is 1. The second kappa shape index (κ2) is 8.26. The van der Waals surface area contributed by atoms with Gasteiger partial charge in [0.1, 0.15) is 12.4 Å². The van der Waals surface area contributed by atoms with Crippen LogP contribution in [0.1, 0.15) is 29.3 Å². The molecule has 1 unspecified atom stereocenters. The average molecular weight is 293 g/mol. The van der Waals surface area contributed by atoms with Crippen LogP contribution in [0.25, 0.3) is 0 Å². The van der Waals surface area contributed by atoms with Gasteiger partial charge in [-0.05, 0) is 31.9 Å². The van der Waals surface area contributed by atoms with E-state index in [4.69, 9.17) is 4.74 Å². The molecule has 114 valence electrons. The molecule has 1 aromatic heterocycles. The van der Waals surface area contributed by atoms with Crippen LogP contribution < -0.4 is 0 Å². The Kier molecular flexibility index (Phi) is 6.68. The molecule has 0 N–H and O–H groups in total. The summed E-state index contributed by atoms with van der Waals surface area (Å²) in [6.45, 7) is 3.13. The molecule has 0 radical (unpaired) electrons. The summed E-state index contributed by atoms with van der Waals surface area (Å²) >= 11 is 0. The molecule has 0 spiro atoms. The Morgan fingerprint density at radius 3 is 2.57 bits per heavy atom. The molecule has 0 saturated carbocycles. The van der Waals surface area contributed by atoms with Crippen LogP contribution in [0.4, 0.5) is 0 Å². The molecule has 0 bridgehead atoms. The predicted molar refractivity (Wildman–Crippen MR) is 74.9 cm³/mol. The van der Waals surface area contributed by atoms with E-state index in [0.717, 1.165) is 5.56 Å². The normalized spacial score (nSPS) is 11.8. The molecule has 0 fully saturated rings. The fourth-order valence-corrected chi connectivity index (χ4v) is 1.83. The maximum atomic E-state index is 12.3. The molecule has 0 aliphatic carbocycles. The number of methoxy groups -OCH3 is 1. The van der Waals surface area contributed by atoms with Crippen LogP contribution in [0.2, 0.25) is 0 Å². The number of pyridine rings is 1. The smallest absolute Gasteiger partial charge is 0.331 e. The first-order valence-electron chi connectivity index (χ1n) is 6.56. The van der Waals surface area contributed by atoms with Gasteiger partial charge in [-0.3, -0.25) is 14.6 Å². The van der Waals surface area contributed by atoms with Gasteiger partial charge >= 0.3 is 5.97 Å². The predicted octanol–water partition coefficient (Wildman–Crippen LogP) is 1.36. The fraction of sp³-hybridized carbons (Fsp3) is 0.467. The van der Waals surface area contributed by atoms with E-state index in [2.05, 4.69) is 9.72 Å². The molecule has 0 aliphatic heterocycles. The van der Waals surface area contributed by atoms with Gasteiger partial charge in [0.05, 0.1) is 13.0 Å². The van der Waals surface area contributed by atoms with Crippen molar-refractivity contribution in [2.45, 2.75) is 20.3 Å². The van der Waals surface area contributed by atoms with Gasteiger partial charge in [-0.15, -0.1) is 0 Å². The number of carbonyl (C=O) groups excluding carboxylic acids is 3. The van der Waals surface area contributed by atoms with Crippen molar-refractivity contribution >= 4 is 17.5 Å². The summed E-state index contributed by atoms with van der Waals surface area (Å²) in [6.07, 6.45) is 3.30. The monoisotopic (exact) mass is 293 g/mol. The Balaban J connectivity index is 2.63. The summed E-state index contributed by atoms with van der Waals surface area (Å²) in [5, 5.41) is 0. The van der Waals surface area contributed by atoms with Crippen LogP contribution in [0, 0.1) is 12.8 Å². The molecule has 1 rings (SSSR count). The third kappa shape index (κ3) is 5.43. The topological polar surface area (TPSA) is 82.6 Å². The number of hydrogen-bond donors (Lipinski definition) is 0. The van der Waals surface area contributed by atoms with Crippen molar-refractivity contribution in [2.24, 2.45) is 5.92 Å². The summed E-state index contributed by atoms with van der Waals surface area (Å²) in [5.41, 5.74) is 1.26. The number of ketones is 2. The maximum absolute atomic E-state index is 12.3. The largest absolute Gasteiger partial charge is 0.467 e. The fourth-order valence-electron chi connectivity index (χ4n) is 1.83. The van der Waals surface area contributed by atoms with Crippen LogP contribution >= 0.6 is 0 Å². The molecule has 1 atom stereocenters. The summed E-state index contributed by atoms with van der Waals surface area (Å²) in [4.78, 5) is 38.8. The summed E-state index contributed by atoms with van der Waals surface area (Å²) < 4.78 is 9.51. The van der Waals surface area contributed by atoms with Crippen LogP contribution in [0.3, 0.4) is 0 Å². The molecule has 0 saturated heterocycles. The van der Waals surface area contributed by atoms with E-state index >= 15 is 0 Å². The minimum Gasteiger partial charge on any atom is -0.467 e. The van der Waals surface area contributed by atoms with E-state index in [-0.39, 0.29) is 31.2 Å². The molecule has 1 heterocycles. The maximum Gasteiger partial charge on any atom is 0.331 e. The quantitative estimate of drug-likeness (QED) is 0.311. The van der Waals surface area contributed by atoms with Crippen LogP contribution in [-0.4, -0.2) is 42.8 Å². The number of Topliss-reactive ketones (excluding diaryl/α,β-unsaturated/α-hetero) is 2. The van der Waals surface area contributed by atoms with E-state index in [1.807, 2.05) is 6.92 Å². The van der Waals surface area contributed by atoms with Crippen molar-refractivity contribution in [3.8, 4) is 0 Å². The first-order valence-corrected chi connectivity index (χ1v) is 6.56. The molecule has 21 heavy (non-hydrogen) atoms. The SMILES string of the molecule is COC(=O)COCCC(C(C)=O)C(=O)c1cncc(C)c1. The average Bonchev–Trinajstić information content (AvgIpc) is 2.45. The molecule has 0 aliphatic rings. The van der Waals surface area contributed by atoms with E-state index in [9.17, 15) is 14.4 Å². The van der Waals surface area contributed by atoms with Crippen molar-refractivity contribution in [3.63, 3.8) is 0 Å². The highest BCUT2D eigenvalue weighted by Gasteiger charge is 2.24. The van der Waals surface area contributed by atoms with Crippen molar-refractivity contribution < 1.29 is 23.9 Å². The highest BCUT2D eigenvalue weighted by atomic mass is 16.6. The number of esters is 1. The van der Waals surface area contributed by atoms with Crippen molar-refractivity contribution in [1.82, 2.24) is 4.98 Å². The van der Waals surface area contributed by atoms with E-state index in [0.29, 0.717) is 5.56 Å². The lowest BCUT2D eigenvalue weighted by molar-refractivity contribution is -0.145. The Hall–Kier alpha value is -2.08. The Morgan fingerprint density at radius 2 is 2.00 bits per heavy atom. The Labute approximate surface area is 123 Å². The second-order valence-electron chi connectivity index (χ2n) is 4.70. The first kappa shape index (κ1) is 17.0. The van der Waals surface area contributed by atoms with Crippen molar-refractivity contribution in [2.75, 3.05) is 20.3 Å². The highest BCUT2D eigenvalue weighted by molar-refractivity contribution is 6.09. The van der Waals surface area contributed by atoms with Gasteiger partial charge in [0.2, 0.25) is 0 Å². The lowest BCUT2D eigenvalue weighted by atomic mass is 9.92. The van der Waals surface area contributed by atoms with Gasteiger partial charge in [-0.2, -0.15) is 0 Å². The molecule has 6 nitrogen and oxygen atoms in total. The Bertz CT molecular complexity index is 527. The minimum atomic E-state index is -0.786. The number of hydrogen-bond acceptors (Lipinski definition) is 6. The lowest BCUT2D eigenvalue weighted by Gasteiger charge is -2.13. The molecule has 0 amide bonds. The number of carbonyl (C=O) groups is 3. The minimum absolute atomic E-state index is 0.129. The lowest BCUT2D eigenvalue weighted by Crippen LogP contribution is -2.24. The van der Waals surface area contributed by atoms with Crippen molar-refractivity contribution in [3.05, 3.63) is 29.6 Å². The molecule has 0 aromatic carbocycles. The number of aromatic nitrogens is 1. The van der Waals surface area contributed by atoms with Gasteiger partial charge in [-0.1, -0.05) is 0 Å². The molecule has 1 aromatic rings. The zero-order valence-corrected chi connectivity index (χ0v) is 12.4. The molecular formula is C15H19NO5. The zero-order chi connectivity index (χ0) is 15.8. The standard InChI is InChI=1S/C15H19NO5/c1-10-6-12(8-16-7-10)15(19)13(11(2)17)4-5-21-9-14(18)20-3/h6-8,13H,4-5,9H2,1-3H3. The van der Waals surface area contributed by atoms with Gasteiger partial charge in [0.15, 0.2) is 5.78 Å². The van der Waals surface area contributed by atoms with Gasteiger partial charge in [-0.25, -0.2) is 4.79 Å². The van der Waals surface area contributed by atoms with Gasteiger partial charge in [0.25, 0.3) is 0 Å². The summed E-state index contributed by atoms with van der Waals surface area (Å²) in [7, 11) is 1.26. The third-order valence-electron chi connectivity index (χ3n) is 2.97. The summed E-state index contributed by atoms with van der Waals surface area (Å²) in [5.74, 6) is -1.79. The van der Waals surface area contributed by atoms with E-state index in [1.54, 1.807) is 12.3 Å². The van der Waals surface area contributed by atoms with Crippen LogP contribution in [0.5, 0.6) is 0 Å². The molecule has 6 heteroatoms. The zero-order valence-electron chi connectivity index (χ0n) is 12.4. The van der Waals surface area contributed by atoms with Crippen LogP contribution in [-0.2, 0) is 19.1 Å². The third-order valence-corrected chi connectivity index (χ3v) is 2.97. The second-order valence-corrected chi connectivity index (χ2v) is 4.70. The van der Waals surface area contributed by atoms with Crippen molar-refractivity contribution in [1.29, 1.82) is 0 Å². The van der Waals surface area contributed by atoms with Gasteiger partial charge < -0.3 is 9.47 Å². The number of ether oxygens (including phenoxy) is 2.